The van der Waals surface area contributed by atoms with E-state index >= 15 is 0 Å². The highest BCUT2D eigenvalue weighted by molar-refractivity contribution is 4.53. The molecule has 1 unspecified atom stereocenters. The Labute approximate surface area is 135 Å². The predicted octanol–water partition coefficient (Wildman–Crippen LogP) is 2.64. The first kappa shape index (κ1) is 22.5. The van der Waals surface area contributed by atoms with Crippen LogP contribution in [-0.2, 0) is 0 Å². The number of nitrogens with zero attached hydrogens (tertiary/aromatic N) is 1. The van der Waals surface area contributed by atoms with Crippen molar-refractivity contribution in [2.45, 2.75) is 84.5 Å². The van der Waals surface area contributed by atoms with Crippen LogP contribution in [0.2, 0.25) is 0 Å². The number of hydrogen-bond donors (Lipinski definition) is 0. The van der Waals surface area contributed by atoms with E-state index in [0.717, 1.165) is 10.4 Å². The molecule has 0 aliphatic heterocycles. The molecule has 2 heteroatoms. The van der Waals surface area contributed by atoms with Crippen LogP contribution in [0.5, 0.6) is 0 Å². The van der Waals surface area contributed by atoms with Gasteiger partial charge in [0.15, 0.2) is 0 Å². The Morgan fingerprint density at radius 2 is 1.10 bits per heavy atom. The maximum absolute atomic E-state index is 2.41. The van der Waals surface area contributed by atoms with Gasteiger partial charge in [-0.3, -0.25) is 0 Å². The number of halogens is 1. The van der Waals surface area contributed by atoms with E-state index < -0.39 is 0 Å². The third-order valence-electron chi connectivity index (χ3n) is 3.91. The van der Waals surface area contributed by atoms with Gasteiger partial charge in [0.25, 0.3) is 0 Å². The van der Waals surface area contributed by atoms with Crippen molar-refractivity contribution in [2.24, 2.45) is 5.92 Å². The lowest BCUT2D eigenvalue weighted by Gasteiger charge is -2.27. The van der Waals surface area contributed by atoms with Crippen LogP contribution in [0, 0.1) is 5.92 Å². The lowest BCUT2D eigenvalue weighted by atomic mass is 10.0. The quantitative estimate of drug-likeness (QED) is 0.362. The smallest absolute Gasteiger partial charge is 0.0806 e. The fourth-order valence-electron chi connectivity index (χ4n) is 3.01. The van der Waals surface area contributed by atoms with E-state index in [1.807, 2.05) is 0 Å². The molecule has 0 aliphatic carbocycles. The van der Waals surface area contributed by atoms with Gasteiger partial charge in [-0.15, -0.1) is 0 Å². The number of rotatable bonds is 13. The molecule has 0 rings (SSSR count). The van der Waals surface area contributed by atoms with E-state index in [2.05, 4.69) is 35.0 Å². The lowest BCUT2D eigenvalue weighted by molar-refractivity contribution is -0.873. The van der Waals surface area contributed by atoms with Gasteiger partial charge in [-0.2, -0.15) is 0 Å². The third-order valence-corrected chi connectivity index (χ3v) is 3.91. The summed E-state index contributed by atoms with van der Waals surface area (Å²) in [5.41, 5.74) is 0. The standard InChI is InChI=1S/C18H40N.ClH/c1-6-7-8-9-10-11-12-13-14-15-16-18(2)17-19(3,4)5;/h18H,6-17H2,1-5H3;1H/q+1;/p-1. The summed E-state index contributed by atoms with van der Waals surface area (Å²) in [4.78, 5) is 0. The average molecular weight is 306 g/mol. The van der Waals surface area contributed by atoms with Crippen LogP contribution in [0.4, 0.5) is 0 Å². The highest BCUT2D eigenvalue weighted by Gasteiger charge is 2.12. The van der Waals surface area contributed by atoms with E-state index in [9.17, 15) is 0 Å². The van der Waals surface area contributed by atoms with Gasteiger partial charge in [-0.25, -0.2) is 0 Å². The third kappa shape index (κ3) is 18.2. The summed E-state index contributed by atoms with van der Waals surface area (Å²) in [7, 11) is 6.90. The lowest BCUT2D eigenvalue weighted by Crippen LogP contribution is -3.00. The van der Waals surface area contributed by atoms with Crippen molar-refractivity contribution >= 4 is 0 Å². The molecule has 0 N–H and O–H groups in total. The minimum Gasteiger partial charge on any atom is -1.00 e. The largest absolute Gasteiger partial charge is 1.00 e. The summed E-state index contributed by atoms with van der Waals surface area (Å²) in [5.74, 6) is 0.883. The van der Waals surface area contributed by atoms with Crippen LogP contribution in [0.1, 0.15) is 84.5 Å². The molecule has 0 bridgehead atoms. The predicted molar refractivity (Wildman–Crippen MR) is 88.5 cm³/mol. The summed E-state index contributed by atoms with van der Waals surface area (Å²) in [6.07, 6.45) is 15.9. The molecule has 0 aromatic rings. The summed E-state index contributed by atoms with van der Waals surface area (Å²) < 4.78 is 1.11. The van der Waals surface area contributed by atoms with Gasteiger partial charge in [0.2, 0.25) is 0 Å². The molecule has 0 fully saturated rings. The van der Waals surface area contributed by atoms with E-state index in [1.165, 1.54) is 77.2 Å². The molecule has 0 saturated heterocycles. The zero-order valence-corrected chi connectivity index (χ0v) is 15.6. The molecule has 1 nitrogen and oxygen atoms in total. The van der Waals surface area contributed by atoms with Crippen molar-refractivity contribution in [1.29, 1.82) is 0 Å². The first-order chi connectivity index (χ1) is 8.95. The van der Waals surface area contributed by atoms with Crippen LogP contribution < -0.4 is 12.4 Å². The van der Waals surface area contributed by atoms with Crippen LogP contribution in [0.15, 0.2) is 0 Å². The van der Waals surface area contributed by atoms with E-state index in [4.69, 9.17) is 0 Å². The van der Waals surface area contributed by atoms with Gasteiger partial charge >= 0.3 is 0 Å². The zero-order valence-electron chi connectivity index (χ0n) is 14.9. The van der Waals surface area contributed by atoms with Crippen molar-refractivity contribution < 1.29 is 16.9 Å². The van der Waals surface area contributed by atoms with Crippen molar-refractivity contribution in [1.82, 2.24) is 0 Å². The maximum atomic E-state index is 2.41. The summed E-state index contributed by atoms with van der Waals surface area (Å²) in [6, 6.07) is 0. The first-order valence-electron chi connectivity index (χ1n) is 8.76. The molecule has 0 radical (unpaired) electrons. The Balaban J connectivity index is 0. The summed E-state index contributed by atoms with van der Waals surface area (Å²) in [5, 5.41) is 0. The van der Waals surface area contributed by atoms with Crippen molar-refractivity contribution in [2.75, 3.05) is 27.7 Å². The van der Waals surface area contributed by atoms with Crippen molar-refractivity contribution in [3.8, 4) is 0 Å². The topological polar surface area (TPSA) is 0 Å². The molecule has 20 heavy (non-hydrogen) atoms. The second-order valence-electron chi connectivity index (χ2n) is 7.55. The van der Waals surface area contributed by atoms with Crippen LogP contribution in [-0.4, -0.2) is 32.2 Å². The molecule has 124 valence electrons. The number of quaternary nitrogens is 1. The molecule has 0 heterocycles. The van der Waals surface area contributed by atoms with Crippen LogP contribution in [0.25, 0.3) is 0 Å². The molecule has 0 saturated carbocycles. The SMILES string of the molecule is CCCCCCCCCCCCC(C)C[N+](C)(C)C.[Cl-]. The van der Waals surface area contributed by atoms with E-state index in [1.54, 1.807) is 0 Å². The Kier molecular flexibility index (Phi) is 16.0. The first-order valence-corrected chi connectivity index (χ1v) is 8.76. The molecule has 1 atom stereocenters. The Morgan fingerprint density at radius 3 is 1.50 bits per heavy atom. The molecular weight excluding hydrogens is 266 g/mol. The summed E-state index contributed by atoms with van der Waals surface area (Å²) in [6.45, 7) is 6.02. The van der Waals surface area contributed by atoms with Crippen molar-refractivity contribution in [3.05, 3.63) is 0 Å². The van der Waals surface area contributed by atoms with E-state index in [-0.39, 0.29) is 12.4 Å². The monoisotopic (exact) mass is 305 g/mol. The number of hydrogen-bond acceptors (Lipinski definition) is 0. The van der Waals surface area contributed by atoms with Gasteiger partial charge in [-0.1, -0.05) is 78.1 Å². The fourth-order valence-corrected chi connectivity index (χ4v) is 3.01. The zero-order chi connectivity index (χ0) is 14.6. The van der Waals surface area contributed by atoms with Crippen LogP contribution in [0.3, 0.4) is 0 Å². The maximum Gasteiger partial charge on any atom is 0.0806 e. The minimum atomic E-state index is 0. The second kappa shape index (κ2) is 14.2. The van der Waals surface area contributed by atoms with Gasteiger partial charge < -0.3 is 16.9 Å². The van der Waals surface area contributed by atoms with Gasteiger partial charge in [0, 0.05) is 5.92 Å². The molecule has 0 aliphatic rings. The molecule has 0 aromatic heterocycles. The van der Waals surface area contributed by atoms with Gasteiger partial charge in [-0.05, 0) is 6.42 Å². The van der Waals surface area contributed by atoms with Crippen molar-refractivity contribution in [3.63, 3.8) is 0 Å². The van der Waals surface area contributed by atoms with E-state index in [0.29, 0.717) is 0 Å². The number of unbranched alkanes of at least 4 members (excludes halogenated alkanes) is 9. The molecule has 0 amide bonds. The van der Waals surface area contributed by atoms with Gasteiger partial charge in [0.05, 0.1) is 27.7 Å². The fraction of sp³-hybridized carbons (Fsp3) is 1.00. The minimum absolute atomic E-state index is 0. The molecule has 0 spiro atoms. The highest BCUT2D eigenvalue weighted by Crippen LogP contribution is 2.15. The Morgan fingerprint density at radius 1 is 0.700 bits per heavy atom. The van der Waals surface area contributed by atoms with Crippen LogP contribution >= 0.6 is 0 Å². The average Bonchev–Trinajstić information content (AvgIpc) is 2.29. The highest BCUT2D eigenvalue weighted by atomic mass is 35.5. The second-order valence-corrected chi connectivity index (χ2v) is 7.55. The van der Waals surface area contributed by atoms with Gasteiger partial charge in [0.1, 0.15) is 0 Å². The normalized spacial score (nSPS) is 13.1. The Hall–Kier alpha value is 0.250. The molecular formula is C18H40ClN. The Bertz CT molecular complexity index is 186. The molecule has 0 aromatic carbocycles. The summed E-state index contributed by atoms with van der Waals surface area (Å²) >= 11 is 0.